The molecule has 0 radical (unpaired) electrons. The highest BCUT2D eigenvalue weighted by atomic mass is 16.6. The number of rotatable bonds is 4. The average Bonchev–Trinajstić information content (AvgIpc) is 2.75. The maximum absolute atomic E-state index is 10.7. The minimum Gasteiger partial charge on any atom is -0.389 e. The number of aliphatic hydroxyl groups is 1. The zero-order valence-electron chi connectivity index (χ0n) is 11.9. The molecule has 2 aliphatic heterocycles. The predicted molar refractivity (Wildman–Crippen MR) is 70.6 cm³/mol. The standard InChI is InChI=1S/C14H27NO3/c1-11(2)15-9-13(3,16)12-4-6-18-14(8-12)5-7-17-10-14/h11-12,15-16H,4-10H2,1-3H3. The molecule has 0 amide bonds. The van der Waals surface area contributed by atoms with E-state index in [-0.39, 0.29) is 5.60 Å². The predicted octanol–water partition coefficient (Wildman–Crippen LogP) is 1.32. The topological polar surface area (TPSA) is 50.7 Å². The molecule has 0 bridgehead atoms. The second-order valence-corrected chi connectivity index (χ2v) is 6.42. The van der Waals surface area contributed by atoms with Crippen LogP contribution in [0.15, 0.2) is 0 Å². The number of hydrogen-bond acceptors (Lipinski definition) is 4. The van der Waals surface area contributed by atoms with Crippen molar-refractivity contribution in [2.45, 2.75) is 57.3 Å². The van der Waals surface area contributed by atoms with Gasteiger partial charge in [0.2, 0.25) is 0 Å². The first-order chi connectivity index (χ1) is 8.44. The summed E-state index contributed by atoms with van der Waals surface area (Å²) >= 11 is 0. The van der Waals surface area contributed by atoms with Crippen LogP contribution in [0.4, 0.5) is 0 Å². The first kappa shape index (κ1) is 14.3. The van der Waals surface area contributed by atoms with E-state index in [2.05, 4.69) is 19.2 Å². The van der Waals surface area contributed by atoms with Gasteiger partial charge in [-0.1, -0.05) is 13.8 Å². The molecule has 4 nitrogen and oxygen atoms in total. The van der Waals surface area contributed by atoms with Crippen molar-refractivity contribution in [3.8, 4) is 0 Å². The molecule has 0 aliphatic carbocycles. The zero-order chi connectivity index (χ0) is 13.2. The molecule has 2 aliphatic rings. The average molecular weight is 257 g/mol. The third kappa shape index (κ3) is 3.23. The molecule has 3 unspecified atom stereocenters. The summed E-state index contributed by atoms with van der Waals surface area (Å²) in [5, 5.41) is 14.0. The Labute approximate surface area is 110 Å². The van der Waals surface area contributed by atoms with Crippen molar-refractivity contribution < 1.29 is 14.6 Å². The molecule has 2 saturated heterocycles. The number of hydrogen-bond donors (Lipinski definition) is 2. The zero-order valence-corrected chi connectivity index (χ0v) is 11.9. The summed E-state index contributed by atoms with van der Waals surface area (Å²) in [6.45, 7) is 9.02. The molecule has 0 aromatic heterocycles. The normalized spacial score (nSPS) is 36.2. The Kier molecular flexibility index (Phi) is 4.32. The molecule has 0 aromatic rings. The van der Waals surface area contributed by atoms with Gasteiger partial charge >= 0.3 is 0 Å². The molecular weight excluding hydrogens is 230 g/mol. The van der Waals surface area contributed by atoms with Crippen LogP contribution in [-0.2, 0) is 9.47 Å². The third-order valence-corrected chi connectivity index (χ3v) is 4.31. The van der Waals surface area contributed by atoms with Crippen LogP contribution in [0.2, 0.25) is 0 Å². The van der Waals surface area contributed by atoms with Crippen LogP contribution >= 0.6 is 0 Å². The van der Waals surface area contributed by atoms with Crippen molar-refractivity contribution >= 4 is 0 Å². The van der Waals surface area contributed by atoms with Crippen molar-refractivity contribution in [3.63, 3.8) is 0 Å². The van der Waals surface area contributed by atoms with Gasteiger partial charge in [0.05, 0.1) is 17.8 Å². The van der Waals surface area contributed by atoms with Crippen LogP contribution in [0.5, 0.6) is 0 Å². The SMILES string of the molecule is CC(C)NCC(C)(O)C1CCOC2(CCOC2)C1. The van der Waals surface area contributed by atoms with E-state index in [0.717, 1.165) is 32.5 Å². The van der Waals surface area contributed by atoms with E-state index in [1.807, 2.05) is 6.92 Å². The summed E-state index contributed by atoms with van der Waals surface area (Å²) in [5.74, 6) is 0.291. The summed E-state index contributed by atoms with van der Waals surface area (Å²) < 4.78 is 11.4. The Balaban J connectivity index is 1.94. The van der Waals surface area contributed by atoms with E-state index in [1.165, 1.54) is 0 Å². The molecule has 2 heterocycles. The summed E-state index contributed by atoms with van der Waals surface area (Å²) in [6.07, 6.45) is 2.82. The summed E-state index contributed by atoms with van der Waals surface area (Å²) in [4.78, 5) is 0. The van der Waals surface area contributed by atoms with Gasteiger partial charge in [-0.05, 0) is 25.7 Å². The first-order valence-electron chi connectivity index (χ1n) is 7.11. The maximum atomic E-state index is 10.7. The van der Waals surface area contributed by atoms with Gasteiger partial charge in [-0.15, -0.1) is 0 Å². The van der Waals surface area contributed by atoms with E-state index in [9.17, 15) is 5.11 Å². The van der Waals surface area contributed by atoms with E-state index in [1.54, 1.807) is 0 Å². The summed E-state index contributed by atoms with van der Waals surface area (Å²) in [7, 11) is 0. The van der Waals surface area contributed by atoms with E-state index in [0.29, 0.717) is 25.1 Å². The highest BCUT2D eigenvalue weighted by Gasteiger charge is 2.45. The van der Waals surface area contributed by atoms with Gasteiger partial charge in [0.25, 0.3) is 0 Å². The molecule has 106 valence electrons. The quantitative estimate of drug-likeness (QED) is 0.797. The van der Waals surface area contributed by atoms with Crippen molar-refractivity contribution in [1.29, 1.82) is 0 Å². The molecule has 0 saturated carbocycles. The van der Waals surface area contributed by atoms with Gasteiger partial charge < -0.3 is 19.9 Å². The fourth-order valence-electron chi connectivity index (χ4n) is 2.98. The minimum absolute atomic E-state index is 0.120. The van der Waals surface area contributed by atoms with Crippen LogP contribution in [0, 0.1) is 5.92 Å². The molecule has 1 spiro atoms. The van der Waals surface area contributed by atoms with Crippen molar-refractivity contribution in [3.05, 3.63) is 0 Å². The molecule has 18 heavy (non-hydrogen) atoms. The van der Waals surface area contributed by atoms with Crippen molar-refractivity contribution in [1.82, 2.24) is 5.32 Å². The lowest BCUT2D eigenvalue weighted by Crippen LogP contribution is -2.52. The fourth-order valence-corrected chi connectivity index (χ4v) is 2.98. The maximum Gasteiger partial charge on any atom is 0.0940 e. The Morgan fingerprint density at radius 1 is 1.44 bits per heavy atom. The Morgan fingerprint density at radius 2 is 2.22 bits per heavy atom. The monoisotopic (exact) mass is 257 g/mol. The Hall–Kier alpha value is -0.160. The second-order valence-electron chi connectivity index (χ2n) is 6.42. The number of ether oxygens (including phenoxy) is 2. The van der Waals surface area contributed by atoms with Crippen LogP contribution < -0.4 is 5.32 Å². The first-order valence-corrected chi connectivity index (χ1v) is 7.11. The lowest BCUT2D eigenvalue weighted by molar-refractivity contribution is -0.137. The van der Waals surface area contributed by atoms with E-state index >= 15 is 0 Å². The van der Waals surface area contributed by atoms with Gasteiger partial charge in [-0.2, -0.15) is 0 Å². The lowest BCUT2D eigenvalue weighted by atomic mass is 9.76. The minimum atomic E-state index is -0.663. The molecule has 2 rings (SSSR count). The molecule has 0 aromatic carbocycles. The van der Waals surface area contributed by atoms with Gasteiger partial charge in [0, 0.05) is 32.2 Å². The number of nitrogens with one attached hydrogen (secondary N) is 1. The highest BCUT2D eigenvalue weighted by molar-refractivity contribution is 4.96. The third-order valence-electron chi connectivity index (χ3n) is 4.31. The van der Waals surface area contributed by atoms with Gasteiger partial charge in [-0.25, -0.2) is 0 Å². The fraction of sp³-hybridized carbons (Fsp3) is 1.00. The smallest absolute Gasteiger partial charge is 0.0940 e. The van der Waals surface area contributed by atoms with Gasteiger partial charge in [0.1, 0.15) is 0 Å². The molecule has 2 N–H and O–H groups in total. The highest BCUT2D eigenvalue weighted by Crippen LogP contribution is 2.39. The largest absolute Gasteiger partial charge is 0.389 e. The van der Waals surface area contributed by atoms with E-state index in [4.69, 9.17) is 9.47 Å². The van der Waals surface area contributed by atoms with Crippen LogP contribution in [-0.4, -0.2) is 48.7 Å². The molecular formula is C14H27NO3. The Bertz CT molecular complexity index is 272. The van der Waals surface area contributed by atoms with Crippen LogP contribution in [0.3, 0.4) is 0 Å². The summed E-state index contributed by atoms with van der Waals surface area (Å²) in [6, 6.07) is 0.403. The van der Waals surface area contributed by atoms with E-state index < -0.39 is 5.60 Å². The van der Waals surface area contributed by atoms with Crippen molar-refractivity contribution in [2.75, 3.05) is 26.4 Å². The Morgan fingerprint density at radius 3 is 2.83 bits per heavy atom. The second kappa shape index (κ2) is 5.45. The molecule has 2 fully saturated rings. The lowest BCUT2D eigenvalue weighted by Gasteiger charge is -2.43. The van der Waals surface area contributed by atoms with Gasteiger partial charge in [-0.3, -0.25) is 0 Å². The van der Waals surface area contributed by atoms with Gasteiger partial charge in [0.15, 0.2) is 0 Å². The molecule has 3 atom stereocenters. The van der Waals surface area contributed by atoms with Crippen molar-refractivity contribution in [2.24, 2.45) is 5.92 Å². The van der Waals surface area contributed by atoms with Crippen LogP contribution in [0.25, 0.3) is 0 Å². The molecule has 4 heteroatoms. The van der Waals surface area contributed by atoms with Crippen LogP contribution in [0.1, 0.15) is 40.0 Å². The summed E-state index contributed by atoms with van der Waals surface area (Å²) in [5.41, 5.74) is -0.783.